The summed E-state index contributed by atoms with van der Waals surface area (Å²) >= 11 is 0. The third-order valence-electron chi connectivity index (χ3n) is 9.07. The van der Waals surface area contributed by atoms with Crippen molar-refractivity contribution in [1.29, 1.82) is 5.41 Å². The highest BCUT2D eigenvalue weighted by atomic mass is 16.5. The van der Waals surface area contributed by atoms with Gasteiger partial charge in [0.2, 0.25) is 0 Å². The lowest BCUT2D eigenvalue weighted by Crippen LogP contribution is -2.47. The number of likely N-dealkylation sites (tertiary alicyclic amines) is 1. The normalized spacial score (nSPS) is 28.3. The van der Waals surface area contributed by atoms with Crippen LogP contribution in [0.4, 0.5) is 0 Å². The second kappa shape index (κ2) is 11.3. The van der Waals surface area contributed by atoms with Gasteiger partial charge in [-0.2, -0.15) is 0 Å². The van der Waals surface area contributed by atoms with Crippen molar-refractivity contribution in [3.05, 3.63) is 71.2 Å². The number of aliphatic imine (C=N–C) groups is 1. The first-order chi connectivity index (χ1) is 17.8. The molecule has 2 aliphatic carbocycles. The van der Waals surface area contributed by atoms with Gasteiger partial charge in [-0.25, -0.2) is 0 Å². The third-order valence-corrected chi connectivity index (χ3v) is 9.07. The van der Waals surface area contributed by atoms with E-state index in [1.807, 2.05) is 44.4 Å². The average Bonchev–Trinajstić information content (AvgIpc) is 3.50. The van der Waals surface area contributed by atoms with Crippen molar-refractivity contribution in [2.24, 2.45) is 16.3 Å². The molecule has 0 amide bonds. The number of nitrogens with zero attached hydrogens (tertiary/aromatic N) is 3. The fraction of sp³-hybridized carbons (Fsp3) is 0.548. The SMILES string of the molecule is CCC1=CC2(C(=N)c3cccc(C(C)(O)N(C)[C@@H]4CCCN(CC5=NC=CC5)CC4)c3)CC2C=C1OC.N.[HH]. The molecule has 4 atom stereocenters. The van der Waals surface area contributed by atoms with E-state index in [1.54, 1.807) is 7.11 Å². The number of ether oxygens (including phenoxy) is 1. The number of allylic oxidation sites excluding steroid dienone is 4. The summed E-state index contributed by atoms with van der Waals surface area (Å²) in [7, 11) is 3.78. The Kier molecular flexibility index (Phi) is 8.43. The lowest BCUT2D eigenvalue weighted by atomic mass is 9.84. The van der Waals surface area contributed by atoms with Gasteiger partial charge in [0.25, 0.3) is 0 Å². The van der Waals surface area contributed by atoms with Gasteiger partial charge in [0, 0.05) is 50.0 Å². The van der Waals surface area contributed by atoms with E-state index in [2.05, 4.69) is 39.9 Å². The number of benzene rings is 1. The zero-order chi connectivity index (χ0) is 26.2. The topological polar surface area (TPSA) is 107 Å². The first-order valence-electron chi connectivity index (χ1n) is 13.8. The van der Waals surface area contributed by atoms with Crippen LogP contribution < -0.4 is 6.15 Å². The van der Waals surface area contributed by atoms with Gasteiger partial charge in [-0.05, 0) is 87.4 Å². The number of methoxy groups -OCH3 is 1. The molecular formula is C31H47N5O2. The van der Waals surface area contributed by atoms with Crippen LogP contribution in [0.2, 0.25) is 0 Å². The van der Waals surface area contributed by atoms with Crippen LogP contribution in [0.1, 0.15) is 64.9 Å². The standard InChI is InChI=1S/C31H42N4O2.H3N.H2/c1-5-22-19-31(20-25(31)18-28(22)37-4)29(32)23-9-6-10-24(17-23)30(2,36)34(3)27-12-8-15-35(16-13-27)21-26-11-7-14-33-26;;/h6-7,9-10,14,17-19,25,27,32,36H,5,8,11-13,15-16,20-21H2,1-4H3;1H3;1H/t25?,27-,30?,31?;;/m1../s1. The maximum absolute atomic E-state index is 11.8. The molecule has 0 spiro atoms. The lowest BCUT2D eigenvalue weighted by molar-refractivity contribution is -0.110. The minimum Gasteiger partial charge on any atom is -0.497 e. The number of hydrogen-bond acceptors (Lipinski definition) is 7. The molecule has 4 aliphatic rings. The van der Waals surface area contributed by atoms with Crippen LogP contribution in [-0.2, 0) is 10.5 Å². The first-order valence-corrected chi connectivity index (χ1v) is 13.8. The highest BCUT2D eigenvalue weighted by molar-refractivity contribution is 6.06. The second-order valence-electron chi connectivity index (χ2n) is 11.3. The maximum atomic E-state index is 11.8. The summed E-state index contributed by atoms with van der Waals surface area (Å²) in [6.45, 7) is 7.08. The number of hydrogen-bond donors (Lipinski definition) is 3. The molecule has 38 heavy (non-hydrogen) atoms. The Morgan fingerprint density at radius 1 is 1.34 bits per heavy atom. The van der Waals surface area contributed by atoms with Crippen molar-refractivity contribution in [3.8, 4) is 0 Å². The monoisotopic (exact) mass is 521 g/mol. The van der Waals surface area contributed by atoms with E-state index >= 15 is 0 Å². The summed E-state index contributed by atoms with van der Waals surface area (Å²) in [6.07, 6.45) is 14.5. The van der Waals surface area contributed by atoms with Crippen LogP contribution in [0.25, 0.3) is 0 Å². The van der Waals surface area contributed by atoms with E-state index in [0.29, 0.717) is 17.7 Å². The molecule has 1 aromatic carbocycles. The Hall–Kier alpha value is -2.58. The molecule has 2 aliphatic heterocycles. The Balaban J connectivity index is 0.00000210. The number of fused-ring (bicyclic) bond motifs is 1. The van der Waals surface area contributed by atoms with Gasteiger partial charge in [-0.3, -0.25) is 14.8 Å². The van der Waals surface area contributed by atoms with Gasteiger partial charge in [0.05, 0.1) is 7.11 Å². The van der Waals surface area contributed by atoms with E-state index in [4.69, 9.17) is 10.1 Å². The van der Waals surface area contributed by atoms with Crippen LogP contribution in [0.3, 0.4) is 0 Å². The highest BCUT2D eigenvalue weighted by Gasteiger charge is 2.57. The van der Waals surface area contributed by atoms with Gasteiger partial charge in [0.1, 0.15) is 11.5 Å². The molecule has 0 radical (unpaired) electrons. The predicted molar refractivity (Wildman–Crippen MR) is 157 cm³/mol. The van der Waals surface area contributed by atoms with Gasteiger partial charge in [-0.15, -0.1) is 0 Å². The Morgan fingerprint density at radius 2 is 2.16 bits per heavy atom. The summed E-state index contributed by atoms with van der Waals surface area (Å²) in [5, 5.41) is 21.0. The number of aliphatic hydroxyl groups is 1. The maximum Gasteiger partial charge on any atom is 0.141 e. The molecule has 5 rings (SSSR count). The third kappa shape index (κ3) is 5.30. The van der Waals surface area contributed by atoms with E-state index in [-0.39, 0.29) is 13.0 Å². The van der Waals surface area contributed by atoms with Crippen molar-refractivity contribution in [3.63, 3.8) is 0 Å². The molecule has 7 heteroatoms. The molecule has 2 heterocycles. The van der Waals surface area contributed by atoms with Gasteiger partial charge in [0.15, 0.2) is 0 Å². The zero-order valence-electron chi connectivity index (χ0n) is 23.5. The molecule has 3 unspecified atom stereocenters. The molecule has 1 aromatic rings. The smallest absolute Gasteiger partial charge is 0.141 e. The quantitative estimate of drug-likeness (QED) is 0.287. The fourth-order valence-corrected chi connectivity index (χ4v) is 6.43. The molecule has 208 valence electrons. The minimum atomic E-state index is -1.11. The van der Waals surface area contributed by atoms with Crippen molar-refractivity contribution in [2.75, 3.05) is 33.8 Å². The lowest BCUT2D eigenvalue weighted by Gasteiger charge is -2.40. The van der Waals surface area contributed by atoms with Crippen LogP contribution in [-0.4, -0.2) is 66.2 Å². The number of rotatable bonds is 9. The minimum absolute atomic E-state index is 0. The van der Waals surface area contributed by atoms with E-state index in [9.17, 15) is 5.11 Å². The van der Waals surface area contributed by atoms with Crippen molar-refractivity contribution in [2.45, 2.75) is 64.1 Å². The molecule has 5 N–H and O–H groups in total. The molecule has 0 bridgehead atoms. The van der Waals surface area contributed by atoms with Gasteiger partial charge < -0.3 is 21.4 Å². The summed E-state index contributed by atoms with van der Waals surface area (Å²) in [5.74, 6) is 1.28. The average molecular weight is 522 g/mol. The second-order valence-corrected chi connectivity index (χ2v) is 11.3. The van der Waals surface area contributed by atoms with Crippen LogP contribution in [0, 0.1) is 16.7 Å². The van der Waals surface area contributed by atoms with Crippen LogP contribution in [0.5, 0.6) is 0 Å². The van der Waals surface area contributed by atoms with Crippen LogP contribution in [0.15, 0.2) is 65.0 Å². The summed E-state index contributed by atoms with van der Waals surface area (Å²) in [5.41, 5.74) is 3.47. The van der Waals surface area contributed by atoms with Crippen molar-refractivity contribution in [1.82, 2.24) is 16.0 Å². The molecule has 7 nitrogen and oxygen atoms in total. The molecular weight excluding hydrogens is 474 g/mol. The van der Waals surface area contributed by atoms with Crippen molar-refractivity contribution < 1.29 is 11.3 Å². The largest absolute Gasteiger partial charge is 0.497 e. The first kappa shape index (κ1) is 28.4. The summed E-state index contributed by atoms with van der Waals surface area (Å²) in [4.78, 5) is 9.14. The Morgan fingerprint density at radius 3 is 2.87 bits per heavy atom. The number of nitrogens with one attached hydrogen (secondary N) is 1. The zero-order valence-corrected chi connectivity index (χ0v) is 23.5. The molecule has 1 saturated heterocycles. The fourth-order valence-electron chi connectivity index (χ4n) is 6.43. The van der Waals surface area contributed by atoms with Crippen molar-refractivity contribution >= 4 is 11.4 Å². The summed E-state index contributed by atoms with van der Waals surface area (Å²) in [6, 6.07) is 8.34. The van der Waals surface area contributed by atoms with Crippen LogP contribution >= 0.6 is 0 Å². The highest BCUT2D eigenvalue weighted by Crippen LogP contribution is 2.60. The van der Waals surface area contributed by atoms with Gasteiger partial charge >= 0.3 is 0 Å². The predicted octanol–water partition coefficient (Wildman–Crippen LogP) is 5.66. The van der Waals surface area contributed by atoms with E-state index in [1.165, 1.54) is 11.3 Å². The van der Waals surface area contributed by atoms with E-state index < -0.39 is 5.72 Å². The molecule has 0 aromatic heterocycles. The molecule has 1 saturated carbocycles. The van der Waals surface area contributed by atoms with E-state index in [0.717, 1.165) is 75.0 Å². The molecule has 2 fully saturated rings. The Bertz CT molecular complexity index is 1170. The Labute approximate surface area is 229 Å². The summed E-state index contributed by atoms with van der Waals surface area (Å²) < 4.78 is 5.59. The van der Waals surface area contributed by atoms with Gasteiger partial charge in [-0.1, -0.05) is 37.3 Å².